The molecule has 1 aliphatic rings. The Labute approximate surface area is 151 Å². The minimum Gasteiger partial charge on any atom is -0.458 e. The summed E-state index contributed by atoms with van der Waals surface area (Å²) in [6.45, 7) is 0. The maximum Gasteiger partial charge on any atom is 0.359 e. The summed E-state index contributed by atoms with van der Waals surface area (Å²) in [6.07, 6.45) is 5.07. The molecule has 26 heavy (non-hydrogen) atoms. The molecular weight excluding hydrogens is 328 g/mol. The standard InChI is InChI=1S/C21H20N2O3/c24-20-18-14-8-7-13-17(18)19(21(25)26-16-11-5-2-6-12-16)22-23(20)15-9-3-1-4-10-15/h1,3-4,7-10,13-14,16H,2,5-6,11-12H2. The number of esters is 1. The second-order valence-electron chi connectivity index (χ2n) is 6.61. The molecule has 1 heterocycles. The van der Waals surface area contributed by atoms with Gasteiger partial charge in [-0.2, -0.15) is 9.78 Å². The molecule has 132 valence electrons. The highest BCUT2D eigenvalue weighted by atomic mass is 16.5. The minimum atomic E-state index is -0.460. The van der Waals surface area contributed by atoms with Crippen molar-refractivity contribution >= 4 is 16.7 Å². The average Bonchev–Trinajstić information content (AvgIpc) is 2.70. The zero-order valence-corrected chi connectivity index (χ0v) is 14.4. The van der Waals surface area contributed by atoms with Crippen LogP contribution in [0.4, 0.5) is 0 Å². The van der Waals surface area contributed by atoms with Crippen LogP contribution in [0.5, 0.6) is 0 Å². The molecule has 1 fully saturated rings. The molecule has 2 aromatic carbocycles. The number of rotatable bonds is 3. The Balaban J connectivity index is 1.81. The summed E-state index contributed by atoms with van der Waals surface area (Å²) in [6, 6.07) is 16.2. The first-order chi connectivity index (χ1) is 12.7. The molecule has 4 rings (SSSR count). The van der Waals surface area contributed by atoms with Crippen molar-refractivity contribution < 1.29 is 9.53 Å². The van der Waals surface area contributed by atoms with E-state index < -0.39 is 5.97 Å². The maximum absolute atomic E-state index is 12.8. The fourth-order valence-electron chi connectivity index (χ4n) is 3.47. The van der Waals surface area contributed by atoms with E-state index in [4.69, 9.17) is 4.74 Å². The van der Waals surface area contributed by atoms with Crippen molar-refractivity contribution in [1.82, 2.24) is 9.78 Å². The lowest BCUT2D eigenvalue weighted by Crippen LogP contribution is -2.27. The van der Waals surface area contributed by atoms with Crippen molar-refractivity contribution in [3.8, 4) is 5.69 Å². The van der Waals surface area contributed by atoms with Gasteiger partial charge in [-0.05, 0) is 43.9 Å². The normalized spacial score (nSPS) is 15.1. The Bertz CT molecular complexity index is 989. The molecule has 0 atom stereocenters. The van der Waals surface area contributed by atoms with E-state index in [0.29, 0.717) is 16.5 Å². The molecule has 3 aromatic rings. The van der Waals surface area contributed by atoms with Gasteiger partial charge in [0.2, 0.25) is 0 Å². The zero-order valence-electron chi connectivity index (χ0n) is 14.4. The second-order valence-corrected chi connectivity index (χ2v) is 6.61. The highest BCUT2D eigenvalue weighted by Crippen LogP contribution is 2.23. The molecule has 0 amide bonds. The summed E-state index contributed by atoms with van der Waals surface area (Å²) in [5.41, 5.74) is 0.561. The van der Waals surface area contributed by atoms with Crippen LogP contribution in [0.3, 0.4) is 0 Å². The van der Waals surface area contributed by atoms with E-state index in [-0.39, 0.29) is 17.4 Å². The average molecular weight is 348 g/mol. The van der Waals surface area contributed by atoms with Crippen molar-refractivity contribution in [2.24, 2.45) is 0 Å². The number of aromatic nitrogens is 2. The maximum atomic E-state index is 12.8. The van der Waals surface area contributed by atoms with Gasteiger partial charge in [0.15, 0.2) is 5.69 Å². The molecule has 0 N–H and O–H groups in total. The predicted molar refractivity (Wildman–Crippen MR) is 99.6 cm³/mol. The number of hydrogen-bond acceptors (Lipinski definition) is 4. The molecule has 1 saturated carbocycles. The van der Waals surface area contributed by atoms with E-state index in [1.807, 2.05) is 18.2 Å². The zero-order chi connectivity index (χ0) is 17.9. The van der Waals surface area contributed by atoms with Crippen molar-refractivity contribution in [3.05, 3.63) is 70.6 Å². The number of carbonyl (C=O) groups excluding carboxylic acids is 1. The molecule has 1 aromatic heterocycles. The first kappa shape index (κ1) is 16.5. The molecule has 0 unspecified atom stereocenters. The minimum absolute atomic E-state index is 0.0612. The Hall–Kier alpha value is -2.95. The highest BCUT2D eigenvalue weighted by Gasteiger charge is 2.23. The summed E-state index contributed by atoms with van der Waals surface area (Å²) in [7, 11) is 0. The summed E-state index contributed by atoms with van der Waals surface area (Å²) < 4.78 is 6.98. The van der Waals surface area contributed by atoms with Crippen LogP contribution < -0.4 is 5.56 Å². The number of para-hydroxylation sites is 1. The first-order valence-electron chi connectivity index (χ1n) is 9.02. The highest BCUT2D eigenvalue weighted by molar-refractivity contribution is 6.02. The molecular formula is C21H20N2O3. The molecule has 0 saturated heterocycles. The summed E-state index contributed by atoms with van der Waals surface area (Å²) in [4.78, 5) is 25.7. The molecule has 0 radical (unpaired) electrons. The SMILES string of the molecule is O=C(OC1CCCCC1)c1nn(-c2ccccc2)c(=O)c2ccccc12. The van der Waals surface area contributed by atoms with Gasteiger partial charge in [-0.15, -0.1) is 0 Å². The number of hydrogen-bond donors (Lipinski definition) is 0. The number of fused-ring (bicyclic) bond motifs is 1. The number of ether oxygens (including phenoxy) is 1. The van der Waals surface area contributed by atoms with E-state index in [1.165, 1.54) is 11.1 Å². The Kier molecular flexibility index (Phi) is 4.52. The van der Waals surface area contributed by atoms with Crippen molar-refractivity contribution in [2.45, 2.75) is 38.2 Å². The first-order valence-corrected chi connectivity index (χ1v) is 9.02. The van der Waals surface area contributed by atoms with Crippen LogP contribution in [-0.2, 0) is 4.74 Å². The van der Waals surface area contributed by atoms with E-state index >= 15 is 0 Å². The number of nitrogens with zero attached hydrogens (tertiary/aromatic N) is 2. The topological polar surface area (TPSA) is 61.2 Å². The Morgan fingerprint density at radius 1 is 0.923 bits per heavy atom. The van der Waals surface area contributed by atoms with Crippen LogP contribution in [0, 0.1) is 0 Å². The van der Waals surface area contributed by atoms with Crippen LogP contribution in [-0.4, -0.2) is 21.9 Å². The second kappa shape index (κ2) is 7.12. The van der Waals surface area contributed by atoms with Gasteiger partial charge in [0.05, 0.1) is 11.1 Å². The molecule has 0 aliphatic heterocycles. The monoisotopic (exact) mass is 348 g/mol. The number of carbonyl (C=O) groups is 1. The molecule has 5 nitrogen and oxygen atoms in total. The fraction of sp³-hybridized carbons (Fsp3) is 0.286. The summed E-state index contributed by atoms with van der Waals surface area (Å²) in [5.74, 6) is -0.460. The van der Waals surface area contributed by atoms with Gasteiger partial charge in [0.25, 0.3) is 5.56 Å². The lowest BCUT2D eigenvalue weighted by Gasteiger charge is -2.22. The number of benzene rings is 2. The quantitative estimate of drug-likeness (QED) is 0.674. The van der Waals surface area contributed by atoms with Crippen molar-refractivity contribution in [1.29, 1.82) is 0 Å². The van der Waals surface area contributed by atoms with Crippen LogP contribution >= 0.6 is 0 Å². The van der Waals surface area contributed by atoms with Gasteiger partial charge in [-0.25, -0.2) is 4.79 Å². The molecule has 1 aliphatic carbocycles. The van der Waals surface area contributed by atoms with Gasteiger partial charge < -0.3 is 4.74 Å². The molecule has 5 heteroatoms. The van der Waals surface area contributed by atoms with E-state index in [2.05, 4.69) is 5.10 Å². The van der Waals surface area contributed by atoms with Crippen LogP contribution in [0.2, 0.25) is 0 Å². The van der Waals surface area contributed by atoms with Crippen LogP contribution in [0.15, 0.2) is 59.4 Å². The van der Waals surface area contributed by atoms with Gasteiger partial charge in [0, 0.05) is 5.39 Å². The van der Waals surface area contributed by atoms with E-state index in [9.17, 15) is 9.59 Å². The van der Waals surface area contributed by atoms with Crippen molar-refractivity contribution in [3.63, 3.8) is 0 Å². The van der Waals surface area contributed by atoms with Gasteiger partial charge in [-0.3, -0.25) is 4.79 Å². The Morgan fingerprint density at radius 3 is 2.31 bits per heavy atom. The van der Waals surface area contributed by atoms with Gasteiger partial charge in [-0.1, -0.05) is 42.8 Å². The Morgan fingerprint density at radius 2 is 1.58 bits per heavy atom. The lowest BCUT2D eigenvalue weighted by molar-refractivity contribution is 0.0205. The third-order valence-electron chi connectivity index (χ3n) is 4.82. The molecule has 0 spiro atoms. The summed E-state index contributed by atoms with van der Waals surface area (Å²) >= 11 is 0. The summed E-state index contributed by atoms with van der Waals surface area (Å²) in [5, 5.41) is 5.36. The third-order valence-corrected chi connectivity index (χ3v) is 4.82. The lowest BCUT2D eigenvalue weighted by atomic mass is 9.98. The molecule has 0 bridgehead atoms. The predicted octanol–water partition coefficient (Wildman–Crippen LogP) is 3.88. The third kappa shape index (κ3) is 3.12. The largest absolute Gasteiger partial charge is 0.458 e. The van der Waals surface area contributed by atoms with Crippen LogP contribution in [0.25, 0.3) is 16.5 Å². The van der Waals surface area contributed by atoms with Crippen molar-refractivity contribution in [2.75, 3.05) is 0 Å². The van der Waals surface area contributed by atoms with Gasteiger partial charge >= 0.3 is 5.97 Å². The van der Waals surface area contributed by atoms with Gasteiger partial charge in [0.1, 0.15) is 6.10 Å². The van der Waals surface area contributed by atoms with E-state index in [1.54, 1.807) is 36.4 Å². The smallest absolute Gasteiger partial charge is 0.359 e. The van der Waals surface area contributed by atoms with E-state index in [0.717, 1.165) is 25.7 Å². The fourth-order valence-corrected chi connectivity index (χ4v) is 3.47. The van der Waals surface area contributed by atoms with Crippen LogP contribution in [0.1, 0.15) is 42.6 Å².